The van der Waals surface area contributed by atoms with E-state index in [-0.39, 0.29) is 23.7 Å². The summed E-state index contributed by atoms with van der Waals surface area (Å²) in [6.07, 6.45) is 3.43. The molecule has 0 unspecified atom stereocenters. The number of carbonyl (C=O) groups excluding carboxylic acids is 1. The van der Waals surface area contributed by atoms with Gasteiger partial charge in [0, 0.05) is 21.3 Å². The molecule has 0 amide bonds. The molecule has 0 atom stereocenters. The number of aromatic nitrogens is 2. The van der Waals surface area contributed by atoms with Crippen LogP contribution in [-0.4, -0.2) is 15.9 Å². The van der Waals surface area contributed by atoms with Crippen LogP contribution in [0.5, 0.6) is 0 Å². The Morgan fingerprint density at radius 3 is 2.21 bits per heavy atom. The van der Waals surface area contributed by atoms with E-state index in [1.807, 2.05) is 17.5 Å². The fourth-order valence-corrected chi connectivity index (χ4v) is 4.63. The number of halogens is 2. The molecule has 0 radical (unpaired) electrons. The van der Waals surface area contributed by atoms with Crippen LogP contribution >= 0.6 is 54.5 Å². The van der Waals surface area contributed by atoms with Gasteiger partial charge < -0.3 is 9.90 Å². The van der Waals surface area contributed by atoms with Crippen LogP contribution in [0.4, 0.5) is 0 Å². The van der Waals surface area contributed by atoms with Gasteiger partial charge >= 0.3 is 18.9 Å². The van der Waals surface area contributed by atoms with Crippen molar-refractivity contribution in [2.45, 2.75) is 0 Å². The maximum absolute atomic E-state index is 10.5. The number of nitrogens with zero attached hydrogens (tertiary/aromatic N) is 2. The molecule has 0 bridgehead atoms. The topological polar surface area (TPSA) is 65.9 Å². The van der Waals surface area contributed by atoms with Gasteiger partial charge in [-0.1, -0.05) is 0 Å². The molecule has 0 aromatic carbocycles. The summed E-state index contributed by atoms with van der Waals surface area (Å²) in [7, 11) is 0. The van der Waals surface area contributed by atoms with Crippen LogP contribution in [0.25, 0.3) is 20.4 Å². The molecule has 0 N–H and O–H groups in total. The average Bonchev–Trinajstić information content (AvgIpc) is 3.15. The molecule has 4 heterocycles. The number of hydrogen-bond acceptors (Lipinski definition) is 6. The molecule has 4 aromatic heterocycles. The SMILES string of the molecule is Brc1ccnc2ccsc12.O=C([O-])c1cc2nccc(Br)c2s1.[Li+]. The van der Waals surface area contributed by atoms with Gasteiger partial charge in [0.1, 0.15) is 0 Å². The Hall–Kier alpha value is -0.753. The zero-order valence-electron chi connectivity index (χ0n) is 12.3. The first-order valence-electron chi connectivity index (χ1n) is 6.29. The largest absolute Gasteiger partial charge is 1.00 e. The molecule has 0 spiro atoms. The molecule has 0 aliphatic heterocycles. The maximum atomic E-state index is 10.5. The molecule has 4 nitrogen and oxygen atoms in total. The van der Waals surface area contributed by atoms with Gasteiger partial charge in [-0.25, -0.2) is 0 Å². The van der Waals surface area contributed by atoms with Crippen molar-refractivity contribution in [3.63, 3.8) is 0 Å². The fraction of sp³-hybridized carbons (Fsp3) is 0. The van der Waals surface area contributed by atoms with Crippen molar-refractivity contribution in [3.8, 4) is 0 Å². The van der Waals surface area contributed by atoms with Gasteiger partial charge in [0.15, 0.2) is 0 Å². The van der Waals surface area contributed by atoms with Gasteiger partial charge in [-0.3, -0.25) is 9.97 Å². The third-order valence-corrected chi connectivity index (χ3v) is 6.78. The van der Waals surface area contributed by atoms with E-state index < -0.39 is 5.97 Å². The maximum Gasteiger partial charge on any atom is 1.00 e. The molecule has 24 heavy (non-hydrogen) atoms. The summed E-state index contributed by atoms with van der Waals surface area (Å²) in [4.78, 5) is 19.0. The Balaban J connectivity index is 0.000000172. The molecule has 0 aliphatic rings. The number of carboxylic acid groups (broad SMARTS) is 1. The Labute approximate surface area is 174 Å². The molecule has 0 saturated heterocycles. The normalized spacial score (nSPS) is 10.1. The van der Waals surface area contributed by atoms with Crippen molar-refractivity contribution in [2.75, 3.05) is 0 Å². The van der Waals surface area contributed by atoms with E-state index in [0.29, 0.717) is 5.52 Å². The van der Waals surface area contributed by atoms with Crippen molar-refractivity contribution < 1.29 is 28.8 Å². The summed E-state index contributed by atoms with van der Waals surface area (Å²) in [6.45, 7) is 0. The van der Waals surface area contributed by atoms with Gasteiger partial charge in [-0.05, 0) is 61.5 Å². The first-order valence-corrected chi connectivity index (χ1v) is 9.57. The quantitative estimate of drug-likeness (QED) is 0.389. The molecule has 116 valence electrons. The third kappa shape index (κ3) is 4.25. The van der Waals surface area contributed by atoms with Gasteiger partial charge in [0.2, 0.25) is 0 Å². The second-order valence-electron chi connectivity index (χ2n) is 4.33. The zero-order valence-corrected chi connectivity index (χ0v) is 17.1. The van der Waals surface area contributed by atoms with E-state index >= 15 is 0 Å². The molecule has 0 fully saturated rings. The summed E-state index contributed by atoms with van der Waals surface area (Å²) < 4.78 is 4.05. The molecular weight excluding hydrogens is 471 g/mol. The summed E-state index contributed by atoms with van der Waals surface area (Å²) >= 11 is 9.63. The Morgan fingerprint density at radius 1 is 1.00 bits per heavy atom. The second kappa shape index (κ2) is 8.56. The molecule has 0 saturated carbocycles. The van der Waals surface area contributed by atoms with Crippen LogP contribution < -0.4 is 24.0 Å². The number of pyridine rings is 2. The number of hydrogen-bond donors (Lipinski definition) is 0. The minimum absolute atomic E-state index is 0. The van der Waals surface area contributed by atoms with E-state index in [1.54, 1.807) is 29.8 Å². The van der Waals surface area contributed by atoms with Crippen molar-refractivity contribution in [2.24, 2.45) is 0 Å². The van der Waals surface area contributed by atoms with Crippen molar-refractivity contribution in [1.82, 2.24) is 9.97 Å². The predicted molar refractivity (Wildman–Crippen MR) is 99.0 cm³/mol. The minimum Gasteiger partial charge on any atom is -0.544 e. The standard InChI is InChI=1S/C8H4BrNO2S.C7H4BrNS.Li/c9-4-1-2-10-5-3-6(8(11)12)13-7(4)5;8-5-1-3-9-6-2-4-10-7(5)6;/h1-3H,(H,11,12);1-4H;/q;;+1/p-1. The van der Waals surface area contributed by atoms with Crippen LogP contribution in [-0.2, 0) is 0 Å². The van der Waals surface area contributed by atoms with E-state index in [0.717, 1.165) is 30.5 Å². The molecular formula is C15H7Br2LiN2O2S2. The van der Waals surface area contributed by atoms with Gasteiger partial charge in [-0.2, -0.15) is 0 Å². The van der Waals surface area contributed by atoms with Crippen LogP contribution in [0.1, 0.15) is 9.67 Å². The summed E-state index contributed by atoms with van der Waals surface area (Å²) in [5.41, 5.74) is 1.75. The van der Waals surface area contributed by atoms with Gasteiger partial charge in [-0.15, -0.1) is 22.7 Å². The van der Waals surface area contributed by atoms with Gasteiger partial charge in [0.25, 0.3) is 0 Å². The minimum atomic E-state index is -1.16. The Kier molecular flexibility index (Phi) is 6.98. The van der Waals surface area contributed by atoms with Crippen molar-refractivity contribution in [1.29, 1.82) is 0 Å². The van der Waals surface area contributed by atoms with Crippen LogP contribution in [0.15, 0.2) is 51.0 Å². The summed E-state index contributed by atoms with van der Waals surface area (Å²) in [6, 6.07) is 7.27. The van der Waals surface area contributed by atoms with Crippen molar-refractivity contribution in [3.05, 3.63) is 55.9 Å². The van der Waals surface area contributed by atoms with E-state index in [2.05, 4.69) is 41.8 Å². The summed E-state index contributed by atoms with van der Waals surface area (Å²) in [5, 5.41) is 12.6. The number of rotatable bonds is 1. The molecule has 4 aromatic rings. The van der Waals surface area contributed by atoms with E-state index in [9.17, 15) is 9.90 Å². The first kappa shape index (κ1) is 19.6. The van der Waals surface area contributed by atoms with Gasteiger partial charge in [0.05, 0.1) is 31.3 Å². The first-order chi connectivity index (χ1) is 11.1. The van der Waals surface area contributed by atoms with E-state index in [4.69, 9.17) is 0 Å². The third-order valence-electron chi connectivity index (χ3n) is 2.86. The Morgan fingerprint density at radius 2 is 1.62 bits per heavy atom. The second-order valence-corrected chi connectivity index (χ2v) is 8.01. The van der Waals surface area contributed by atoms with Crippen LogP contribution in [0.2, 0.25) is 0 Å². The predicted octanol–water partition coefficient (Wildman–Crippen LogP) is 1.49. The summed E-state index contributed by atoms with van der Waals surface area (Å²) in [5.74, 6) is -1.16. The fourth-order valence-electron chi connectivity index (χ4n) is 1.85. The Bertz CT molecular complexity index is 1000. The monoisotopic (exact) mass is 476 g/mol. The molecule has 4 rings (SSSR count). The number of carboxylic acids is 1. The smallest absolute Gasteiger partial charge is 0.544 e. The number of fused-ring (bicyclic) bond motifs is 2. The average molecular weight is 478 g/mol. The number of thiophene rings is 2. The number of carbonyl (C=O) groups is 1. The number of aromatic carboxylic acids is 1. The molecule has 9 heteroatoms. The molecule has 0 aliphatic carbocycles. The van der Waals surface area contributed by atoms with Crippen LogP contribution in [0.3, 0.4) is 0 Å². The zero-order chi connectivity index (χ0) is 16.4. The van der Waals surface area contributed by atoms with Crippen molar-refractivity contribution >= 4 is 80.9 Å². The van der Waals surface area contributed by atoms with E-state index in [1.165, 1.54) is 10.8 Å². The van der Waals surface area contributed by atoms with Crippen LogP contribution in [0, 0.1) is 0 Å².